The normalized spacial score (nSPS) is 22.5. The van der Waals surface area contributed by atoms with Crippen LogP contribution in [0, 0.1) is 0 Å². The van der Waals surface area contributed by atoms with E-state index in [2.05, 4.69) is 5.32 Å². The van der Waals surface area contributed by atoms with Crippen LogP contribution in [0.4, 0.5) is 4.79 Å². The molecule has 1 aromatic rings. The summed E-state index contributed by atoms with van der Waals surface area (Å²) in [6.07, 6.45) is 6.42. The molecule has 1 atom stereocenters. The zero-order chi connectivity index (χ0) is 20.1. The Morgan fingerprint density at radius 2 is 2.00 bits per heavy atom. The number of allylic oxidation sites excluding steroid dienone is 2. The van der Waals surface area contributed by atoms with Gasteiger partial charge in [-0.05, 0) is 29.5 Å². The minimum absolute atomic E-state index is 0.0561. The van der Waals surface area contributed by atoms with E-state index in [1.807, 2.05) is 36.4 Å². The van der Waals surface area contributed by atoms with E-state index in [-0.39, 0.29) is 18.7 Å². The lowest BCUT2D eigenvalue weighted by molar-refractivity contribution is -0.124. The number of nitrogens with zero attached hydrogens (tertiary/aromatic N) is 1. The number of carbonyl (C=O) groups excluding carboxylic acids is 3. The monoisotopic (exact) mass is 418 g/mol. The highest BCUT2D eigenvalue weighted by atomic mass is 32.2. The van der Waals surface area contributed by atoms with Crippen LogP contribution >= 0.6 is 11.8 Å². The Morgan fingerprint density at radius 3 is 2.68 bits per heavy atom. The molecule has 0 spiro atoms. The third kappa shape index (κ3) is 5.20. The topological polar surface area (TPSA) is 101 Å². The van der Waals surface area contributed by atoms with E-state index in [1.54, 1.807) is 12.2 Å². The van der Waals surface area contributed by atoms with Gasteiger partial charge >= 0.3 is 0 Å². The molecule has 1 N–H and O–H groups in total. The first-order valence-corrected chi connectivity index (χ1v) is 11.0. The summed E-state index contributed by atoms with van der Waals surface area (Å²) in [4.78, 5) is 37.7. The molecule has 0 aliphatic carbocycles. The Balaban J connectivity index is 1.52. The Hall–Kier alpha value is -2.65. The van der Waals surface area contributed by atoms with Crippen molar-refractivity contribution in [2.45, 2.75) is 12.5 Å². The molecular formula is C19H18N2O5S2. The van der Waals surface area contributed by atoms with E-state index in [0.717, 1.165) is 27.6 Å². The standard InChI is InChI=1S/C19H18N2O5S2/c22-17(20-15-10-12-28(25,26)13-15)9-11-21-18(23)16(27-19(21)24)8-4-7-14-5-2-1-3-6-14/h1-8,10,12,15H,9,11,13H2,(H,20,22). The van der Waals surface area contributed by atoms with Gasteiger partial charge in [-0.2, -0.15) is 0 Å². The highest BCUT2D eigenvalue weighted by Crippen LogP contribution is 2.30. The van der Waals surface area contributed by atoms with Crippen molar-refractivity contribution in [3.05, 3.63) is 64.4 Å². The number of hydrogen-bond acceptors (Lipinski definition) is 6. The molecule has 2 aliphatic heterocycles. The molecule has 1 saturated heterocycles. The second-order valence-corrected chi connectivity index (χ2v) is 9.13. The lowest BCUT2D eigenvalue weighted by Crippen LogP contribution is -2.38. The molecule has 3 rings (SSSR count). The van der Waals surface area contributed by atoms with E-state index >= 15 is 0 Å². The summed E-state index contributed by atoms with van der Waals surface area (Å²) in [5.74, 6) is -1.03. The van der Waals surface area contributed by atoms with E-state index in [0.29, 0.717) is 4.91 Å². The molecule has 1 fully saturated rings. The largest absolute Gasteiger partial charge is 0.349 e. The van der Waals surface area contributed by atoms with Crippen LogP contribution in [0.3, 0.4) is 0 Å². The van der Waals surface area contributed by atoms with Gasteiger partial charge in [-0.15, -0.1) is 0 Å². The molecule has 7 nitrogen and oxygen atoms in total. The summed E-state index contributed by atoms with van der Waals surface area (Å²) in [7, 11) is -3.26. The van der Waals surface area contributed by atoms with Crippen molar-refractivity contribution >= 4 is 44.7 Å². The zero-order valence-corrected chi connectivity index (χ0v) is 16.4. The molecule has 3 amide bonds. The Labute approximate surface area is 167 Å². The fourth-order valence-electron chi connectivity index (χ4n) is 2.68. The Morgan fingerprint density at radius 1 is 1.25 bits per heavy atom. The molecule has 28 heavy (non-hydrogen) atoms. The first-order valence-electron chi connectivity index (χ1n) is 8.51. The first-order chi connectivity index (χ1) is 13.3. The third-order valence-electron chi connectivity index (χ3n) is 4.05. The molecule has 146 valence electrons. The third-order valence-corrected chi connectivity index (χ3v) is 6.37. The Bertz CT molecular complexity index is 981. The van der Waals surface area contributed by atoms with Gasteiger partial charge in [0.15, 0.2) is 9.84 Å². The number of rotatable bonds is 6. The molecule has 9 heteroatoms. The van der Waals surface area contributed by atoms with Crippen molar-refractivity contribution in [3.63, 3.8) is 0 Å². The molecule has 0 radical (unpaired) electrons. The summed E-state index contributed by atoms with van der Waals surface area (Å²) < 4.78 is 22.7. The van der Waals surface area contributed by atoms with E-state index < -0.39 is 32.9 Å². The minimum Gasteiger partial charge on any atom is -0.349 e. The van der Waals surface area contributed by atoms with Gasteiger partial charge in [0.2, 0.25) is 5.91 Å². The first kappa shape index (κ1) is 20.1. The smallest absolute Gasteiger partial charge is 0.293 e. The maximum Gasteiger partial charge on any atom is 0.293 e. The van der Waals surface area contributed by atoms with Crippen LogP contribution in [0.1, 0.15) is 12.0 Å². The average molecular weight is 418 g/mol. The lowest BCUT2D eigenvalue weighted by atomic mass is 10.2. The van der Waals surface area contributed by atoms with Crippen molar-refractivity contribution in [1.29, 1.82) is 0 Å². The highest BCUT2D eigenvalue weighted by molar-refractivity contribution is 8.18. The SMILES string of the molecule is O=C(CCN1C(=O)SC(=CC=Cc2ccccc2)C1=O)NC1C=CS(=O)(=O)C1. The predicted molar refractivity (Wildman–Crippen MR) is 108 cm³/mol. The number of hydrogen-bond donors (Lipinski definition) is 1. The summed E-state index contributed by atoms with van der Waals surface area (Å²) in [6, 6.07) is 8.96. The maximum absolute atomic E-state index is 12.4. The van der Waals surface area contributed by atoms with Crippen molar-refractivity contribution in [3.8, 4) is 0 Å². The van der Waals surface area contributed by atoms with Gasteiger partial charge in [0, 0.05) is 18.4 Å². The maximum atomic E-state index is 12.4. The summed E-state index contributed by atoms with van der Waals surface area (Å²) in [5.41, 5.74) is 0.970. The van der Waals surface area contributed by atoms with Crippen molar-refractivity contribution in [2.24, 2.45) is 0 Å². The summed E-state index contributed by atoms with van der Waals surface area (Å²) in [5, 5.41) is 3.21. The predicted octanol–water partition coefficient (Wildman–Crippen LogP) is 2.10. The molecule has 0 bridgehead atoms. The Kier molecular flexibility index (Phi) is 6.15. The number of benzene rings is 1. The number of imide groups is 1. The van der Waals surface area contributed by atoms with Crippen molar-refractivity contribution in [1.82, 2.24) is 10.2 Å². The van der Waals surface area contributed by atoms with Crippen LogP contribution < -0.4 is 5.32 Å². The van der Waals surface area contributed by atoms with E-state index in [9.17, 15) is 22.8 Å². The second kappa shape index (κ2) is 8.57. The van der Waals surface area contributed by atoms with Crippen molar-refractivity contribution in [2.75, 3.05) is 12.3 Å². The van der Waals surface area contributed by atoms with Gasteiger partial charge in [-0.25, -0.2) is 8.42 Å². The zero-order valence-electron chi connectivity index (χ0n) is 14.8. The van der Waals surface area contributed by atoms with Gasteiger partial charge in [0.1, 0.15) is 0 Å². The fraction of sp³-hybridized carbons (Fsp3) is 0.211. The van der Waals surface area contributed by atoms with Gasteiger partial charge in [0.25, 0.3) is 11.1 Å². The number of thioether (sulfide) groups is 1. The van der Waals surface area contributed by atoms with E-state index in [1.165, 1.54) is 6.08 Å². The molecule has 1 aromatic carbocycles. The fourth-order valence-corrected chi connectivity index (χ4v) is 4.73. The number of nitrogens with one attached hydrogen (secondary N) is 1. The average Bonchev–Trinajstić information content (AvgIpc) is 3.12. The van der Waals surface area contributed by atoms with Crippen LogP contribution in [-0.4, -0.2) is 48.7 Å². The highest BCUT2D eigenvalue weighted by Gasteiger charge is 2.34. The van der Waals surface area contributed by atoms with Crippen molar-refractivity contribution < 1.29 is 22.8 Å². The lowest BCUT2D eigenvalue weighted by Gasteiger charge is -2.14. The quantitative estimate of drug-likeness (QED) is 0.710. The summed E-state index contributed by atoms with van der Waals surface area (Å²) >= 11 is 0.826. The molecular weight excluding hydrogens is 400 g/mol. The number of carbonyl (C=O) groups is 3. The second-order valence-electron chi connectivity index (χ2n) is 6.21. The molecule has 1 unspecified atom stereocenters. The molecule has 0 aromatic heterocycles. The molecule has 0 saturated carbocycles. The van der Waals surface area contributed by atoms with Crippen LogP contribution in [-0.2, 0) is 19.4 Å². The molecule has 2 aliphatic rings. The van der Waals surface area contributed by atoms with Crippen LogP contribution in [0.2, 0.25) is 0 Å². The number of sulfone groups is 1. The van der Waals surface area contributed by atoms with Crippen LogP contribution in [0.5, 0.6) is 0 Å². The minimum atomic E-state index is -3.26. The van der Waals surface area contributed by atoms with E-state index in [4.69, 9.17) is 0 Å². The van der Waals surface area contributed by atoms with Gasteiger partial charge in [0.05, 0.1) is 16.7 Å². The molecule has 2 heterocycles. The summed E-state index contributed by atoms with van der Waals surface area (Å²) in [6.45, 7) is -0.0561. The van der Waals surface area contributed by atoms with Gasteiger partial charge < -0.3 is 5.32 Å². The number of amides is 3. The van der Waals surface area contributed by atoms with Gasteiger partial charge in [-0.3, -0.25) is 19.3 Å². The van der Waals surface area contributed by atoms with Crippen LogP contribution in [0.25, 0.3) is 6.08 Å². The van der Waals surface area contributed by atoms with Gasteiger partial charge in [-0.1, -0.05) is 42.5 Å². The van der Waals surface area contributed by atoms with Crippen LogP contribution in [0.15, 0.2) is 58.9 Å².